The molecular formula is C14H18IN3O. The minimum absolute atomic E-state index is 0.613. The second-order valence-corrected chi connectivity index (χ2v) is 5.50. The topological polar surface area (TPSA) is 51.0 Å². The smallest absolute Gasteiger partial charge is 0.248 e. The van der Waals surface area contributed by atoms with Crippen LogP contribution in [0, 0.1) is 3.57 Å². The van der Waals surface area contributed by atoms with Gasteiger partial charge in [0.2, 0.25) is 11.8 Å². The van der Waals surface area contributed by atoms with Crippen molar-refractivity contribution in [2.75, 3.05) is 13.1 Å². The fourth-order valence-corrected chi connectivity index (χ4v) is 2.38. The Morgan fingerprint density at radius 3 is 2.84 bits per heavy atom. The number of nitrogens with zero attached hydrogens (tertiary/aromatic N) is 2. The van der Waals surface area contributed by atoms with E-state index in [9.17, 15) is 0 Å². The Hall–Kier alpha value is -0.950. The van der Waals surface area contributed by atoms with Crippen LogP contribution >= 0.6 is 22.6 Å². The molecule has 0 saturated carbocycles. The van der Waals surface area contributed by atoms with Crippen LogP contribution in [0.1, 0.15) is 25.7 Å². The Morgan fingerprint density at radius 2 is 2.05 bits per heavy atom. The average molecular weight is 371 g/mol. The minimum atomic E-state index is 0.613. The van der Waals surface area contributed by atoms with Crippen molar-refractivity contribution < 1.29 is 4.42 Å². The number of hydrogen-bond donors (Lipinski definition) is 1. The molecule has 1 heterocycles. The van der Waals surface area contributed by atoms with Crippen molar-refractivity contribution in [2.24, 2.45) is 0 Å². The van der Waals surface area contributed by atoms with E-state index in [4.69, 9.17) is 4.42 Å². The summed E-state index contributed by atoms with van der Waals surface area (Å²) in [5.41, 5.74) is 1.01. The summed E-state index contributed by atoms with van der Waals surface area (Å²) in [4.78, 5) is 0. The molecule has 0 aliphatic heterocycles. The van der Waals surface area contributed by atoms with Crippen LogP contribution in [0.25, 0.3) is 11.5 Å². The molecule has 19 heavy (non-hydrogen) atoms. The number of aryl methyl sites for hydroxylation is 1. The van der Waals surface area contributed by atoms with E-state index in [2.05, 4.69) is 45.0 Å². The lowest BCUT2D eigenvalue weighted by Crippen LogP contribution is -2.16. The van der Waals surface area contributed by atoms with E-state index in [-0.39, 0.29) is 0 Å². The van der Waals surface area contributed by atoms with Crippen LogP contribution in [0.3, 0.4) is 0 Å². The molecule has 0 atom stereocenters. The maximum atomic E-state index is 5.70. The number of benzene rings is 1. The molecule has 4 nitrogen and oxygen atoms in total. The van der Waals surface area contributed by atoms with Gasteiger partial charge in [0, 0.05) is 9.99 Å². The van der Waals surface area contributed by atoms with Crippen LogP contribution < -0.4 is 5.32 Å². The summed E-state index contributed by atoms with van der Waals surface area (Å²) in [6.07, 6.45) is 3.01. The van der Waals surface area contributed by atoms with Crippen LogP contribution in [-0.2, 0) is 6.42 Å². The molecule has 2 rings (SSSR count). The molecule has 0 aliphatic rings. The number of halogens is 1. The number of hydrogen-bond acceptors (Lipinski definition) is 4. The second-order valence-electron chi connectivity index (χ2n) is 4.33. The molecule has 0 aliphatic carbocycles. The molecule has 1 aromatic carbocycles. The third kappa shape index (κ3) is 4.28. The van der Waals surface area contributed by atoms with Gasteiger partial charge in [-0.3, -0.25) is 0 Å². The Morgan fingerprint density at radius 1 is 1.21 bits per heavy atom. The summed E-state index contributed by atoms with van der Waals surface area (Å²) in [5.74, 6) is 1.33. The standard InChI is InChI=1S/C14H18IN3O/c1-2-9-16-10-5-8-13-17-18-14(19-13)11-6-3-4-7-12(11)15/h3-4,6-7,16H,2,5,8-10H2,1H3. The van der Waals surface area contributed by atoms with Gasteiger partial charge >= 0.3 is 0 Å². The van der Waals surface area contributed by atoms with Gasteiger partial charge in [-0.05, 0) is 60.7 Å². The molecule has 0 bridgehead atoms. The summed E-state index contributed by atoms with van der Waals surface area (Å²) >= 11 is 2.28. The molecule has 0 radical (unpaired) electrons. The van der Waals surface area contributed by atoms with E-state index >= 15 is 0 Å². The largest absolute Gasteiger partial charge is 0.421 e. The van der Waals surface area contributed by atoms with Crippen LogP contribution in [0.15, 0.2) is 28.7 Å². The van der Waals surface area contributed by atoms with Gasteiger partial charge in [0.15, 0.2) is 0 Å². The van der Waals surface area contributed by atoms with E-state index in [1.165, 1.54) is 0 Å². The van der Waals surface area contributed by atoms with Crippen molar-refractivity contribution in [3.63, 3.8) is 0 Å². The third-order valence-corrected chi connectivity index (χ3v) is 3.68. The monoisotopic (exact) mass is 371 g/mol. The van der Waals surface area contributed by atoms with Crippen LogP contribution in [0.5, 0.6) is 0 Å². The molecular weight excluding hydrogens is 353 g/mol. The zero-order chi connectivity index (χ0) is 13.5. The lowest BCUT2D eigenvalue weighted by Gasteiger charge is -2.00. The van der Waals surface area contributed by atoms with Gasteiger partial charge in [0.1, 0.15) is 0 Å². The molecule has 0 amide bonds. The van der Waals surface area contributed by atoms with Crippen molar-refractivity contribution in [3.05, 3.63) is 33.7 Å². The number of aromatic nitrogens is 2. The van der Waals surface area contributed by atoms with Crippen molar-refractivity contribution >= 4 is 22.6 Å². The van der Waals surface area contributed by atoms with Gasteiger partial charge in [0.25, 0.3) is 0 Å². The van der Waals surface area contributed by atoms with E-state index < -0.39 is 0 Å². The van der Waals surface area contributed by atoms with Crippen molar-refractivity contribution in [1.29, 1.82) is 0 Å². The van der Waals surface area contributed by atoms with E-state index in [1.54, 1.807) is 0 Å². The Bertz CT molecular complexity index is 513. The van der Waals surface area contributed by atoms with Crippen molar-refractivity contribution in [1.82, 2.24) is 15.5 Å². The first-order valence-electron chi connectivity index (χ1n) is 6.59. The summed E-state index contributed by atoms with van der Waals surface area (Å²) in [6.45, 7) is 4.23. The molecule has 2 aromatic rings. The first kappa shape index (κ1) is 14.5. The molecule has 0 spiro atoms. The molecule has 1 aromatic heterocycles. The summed E-state index contributed by atoms with van der Waals surface area (Å²) in [5, 5.41) is 11.6. The van der Waals surface area contributed by atoms with Gasteiger partial charge in [-0.1, -0.05) is 19.1 Å². The summed E-state index contributed by atoms with van der Waals surface area (Å²) in [7, 11) is 0. The molecule has 1 N–H and O–H groups in total. The molecule has 0 unspecified atom stereocenters. The van der Waals surface area contributed by atoms with E-state index in [0.29, 0.717) is 11.8 Å². The fraction of sp³-hybridized carbons (Fsp3) is 0.429. The second kappa shape index (κ2) is 7.59. The van der Waals surface area contributed by atoms with E-state index in [1.807, 2.05) is 24.3 Å². The fourth-order valence-electron chi connectivity index (χ4n) is 1.76. The van der Waals surface area contributed by atoms with Gasteiger partial charge < -0.3 is 9.73 Å². The van der Waals surface area contributed by atoms with Crippen molar-refractivity contribution in [3.8, 4) is 11.5 Å². The van der Waals surface area contributed by atoms with Gasteiger partial charge in [-0.2, -0.15) is 0 Å². The Labute approximate surface area is 127 Å². The third-order valence-electron chi connectivity index (χ3n) is 2.74. The van der Waals surface area contributed by atoms with Crippen LogP contribution in [0.4, 0.5) is 0 Å². The highest BCUT2D eigenvalue weighted by atomic mass is 127. The first-order valence-corrected chi connectivity index (χ1v) is 7.67. The predicted molar refractivity (Wildman–Crippen MR) is 83.9 cm³/mol. The molecule has 0 saturated heterocycles. The van der Waals surface area contributed by atoms with Gasteiger partial charge in [-0.25, -0.2) is 0 Å². The normalized spacial score (nSPS) is 10.8. The maximum Gasteiger partial charge on any atom is 0.248 e. The molecule has 5 heteroatoms. The summed E-state index contributed by atoms with van der Waals surface area (Å²) < 4.78 is 6.83. The zero-order valence-corrected chi connectivity index (χ0v) is 13.2. The van der Waals surface area contributed by atoms with Gasteiger partial charge in [0.05, 0.1) is 5.56 Å². The average Bonchev–Trinajstić information content (AvgIpc) is 2.88. The van der Waals surface area contributed by atoms with Crippen LogP contribution in [0.2, 0.25) is 0 Å². The molecule has 102 valence electrons. The van der Waals surface area contributed by atoms with Crippen molar-refractivity contribution in [2.45, 2.75) is 26.2 Å². The highest BCUT2D eigenvalue weighted by Crippen LogP contribution is 2.23. The number of nitrogens with one attached hydrogen (secondary N) is 1. The lowest BCUT2D eigenvalue weighted by atomic mass is 10.2. The lowest BCUT2D eigenvalue weighted by molar-refractivity contribution is 0.491. The minimum Gasteiger partial charge on any atom is -0.421 e. The highest BCUT2D eigenvalue weighted by Gasteiger charge is 2.10. The SMILES string of the molecule is CCCNCCCc1nnc(-c2ccccc2I)o1. The quantitative estimate of drug-likeness (QED) is 0.600. The highest BCUT2D eigenvalue weighted by molar-refractivity contribution is 14.1. The first-order chi connectivity index (χ1) is 9.31. The predicted octanol–water partition coefficient (Wildman–Crippen LogP) is 3.27. The van der Waals surface area contributed by atoms with Crippen LogP contribution in [-0.4, -0.2) is 23.3 Å². The van der Waals surface area contributed by atoms with E-state index in [0.717, 1.165) is 41.5 Å². The Balaban J connectivity index is 1.91. The Kier molecular flexibility index (Phi) is 5.78. The zero-order valence-electron chi connectivity index (χ0n) is 11.0. The molecule has 0 fully saturated rings. The number of rotatable bonds is 7. The summed E-state index contributed by atoms with van der Waals surface area (Å²) in [6, 6.07) is 8.02. The van der Waals surface area contributed by atoms with Gasteiger partial charge in [-0.15, -0.1) is 10.2 Å². The maximum absolute atomic E-state index is 5.70.